The number of rotatable bonds is 3. The first kappa shape index (κ1) is 13.8. The molecule has 0 spiro atoms. The molecule has 18 heavy (non-hydrogen) atoms. The van der Waals surface area contributed by atoms with E-state index < -0.39 is 28.6 Å². The molecule has 0 aliphatic heterocycles. The fourth-order valence-corrected chi connectivity index (χ4v) is 3.06. The largest absolute Gasteiger partial charge is 0.481 e. The SMILES string of the molecule is O=C(O)C1C(c2cc(Cl)cc(C(F)F)c2)C1(Cl)Cl. The Bertz CT molecular complexity index is 505. The Labute approximate surface area is 116 Å². The van der Waals surface area contributed by atoms with Gasteiger partial charge in [0, 0.05) is 16.5 Å². The molecule has 1 aromatic carbocycles. The molecule has 0 heterocycles. The Morgan fingerprint density at radius 3 is 2.39 bits per heavy atom. The van der Waals surface area contributed by atoms with Gasteiger partial charge in [0.25, 0.3) is 6.43 Å². The van der Waals surface area contributed by atoms with Crippen LogP contribution in [0.25, 0.3) is 0 Å². The van der Waals surface area contributed by atoms with E-state index in [2.05, 4.69) is 0 Å². The fraction of sp³-hybridized carbons (Fsp3) is 0.364. The maximum atomic E-state index is 12.6. The van der Waals surface area contributed by atoms with Gasteiger partial charge in [-0.15, -0.1) is 0 Å². The minimum absolute atomic E-state index is 0.1000. The van der Waals surface area contributed by atoms with Gasteiger partial charge in [0.15, 0.2) is 0 Å². The van der Waals surface area contributed by atoms with E-state index in [9.17, 15) is 13.6 Å². The Hall–Kier alpha value is -0.580. The number of benzene rings is 1. The van der Waals surface area contributed by atoms with Gasteiger partial charge >= 0.3 is 5.97 Å². The Kier molecular flexibility index (Phi) is 3.47. The van der Waals surface area contributed by atoms with Crippen molar-refractivity contribution >= 4 is 40.8 Å². The normalized spacial score (nSPS) is 25.2. The first-order valence-electron chi connectivity index (χ1n) is 4.94. The molecule has 0 aromatic heterocycles. The van der Waals surface area contributed by atoms with Crippen molar-refractivity contribution in [1.29, 1.82) is 0 Å². The monoisotopic (exact) mass is 314 g/mol. The third kappa shape index (κ3) is 2.29. The van der Waals surface area contributed by atoms with Crippen LogP contribution in [0, 0.1) is 5.92 Å². The lowest BCUT2D eigenvalue weighted by atomic mass is 10.1. The van der Waals surface area contributed by atoms with E-state index in [1.807, 2.05) is 0 Å². The summed E-state index contributed by atoms with van der Waals surface area (Å²) in [7, 11) is 0. The highest BCUT2D eigenvalue weighted by molar-refractivity contribution is 6.53. The molecule has 1 saturated carbocycles. The zero-order chi connectivity index (χ0) is 13.7. The van der Waals surface area contributed by atoms with E-state index in [0.717, 1.165) is 6.07 Å². The summed E-state index contributed by atoms with van der Waals surface area (Å²) in [6.07, 6.45) is -2.69. The maximum absolute atomic E-state index is 12.6. The van der Waals surface area contributed by atoms with Crippen molar-refractivity contribution in [3.05, 3.63) is 34.3 Å². The first-order valence-corrected chi connectivity index (χ1v) is 6.07. The quantitative estimate of drug-likeness (QED) is 0.847. The van der Waals surface area contributed by atoms with Crippen LogP contribution in [0.2, 0.25) is 5.02 Å². The number of aliphatic carboxylic acids is 1. The molecule has 0 amide bonds. The van der Waals surface area contributed by atoms with Gasteiger partial charge in [0.1, 0.15) is 4.33 Å². The second-order valence-electron chi connectivity index (χ2n) is 4.09. The van der Waals surface area contributed by atoms with Gasteiger partial charge in [-0.3, -0.25) is 4.79 Å². The van der Waals surface area contributed by atoms with E-state index in [4.69, 9.17) is 39.9 Å². The number of carbonyl (C=O) groups is 1. The van der Waals surface area contributed by atoms with Crippen LogP contribution >= 0.6 is 34.8 Å². The second-order valence-corrected chi connectivity index (χ2v) is 5.97. The number of carboxylic acids is 1. The third-order valence-electron chi connectivity index (χ3n) is 2.87. The molecule has 2 rings (SSSR count). The minimum Gasteiger partial charge on any atom is -0.481 e. The summed E-state index contributed by atoms with van der Waals surface area (Å²) >= 11 is 17.4. The molecule has 2 atom stereocenters. The minimum atomic E-state index is -2.69. The number of alkyl halides is 4. The van der Waals surface area contributed by atoms with Crippen LogP contribution in [0.3, 0.4) is 0 Å². The number of hydrogen-bond donors (Lipinski definition) is 1. The summed E-state index contributed by atoms with van der Waals surface area (Å²) in [4.78, 5) is 10.9. The van der Waals surface area contributed by atoms with Crippen molar-refractivity contribution < 1.29 is 18.7 Å². The first-order chi connectivity index (χ1) is 8.25. The predicted molar refractivity (Wildman–Crippen MR) is 64.7 cm³/mol. The van der Waals surface area contributed by atoms with Crippen LogP contribution in [0.15, 0.2) is 18.2 Å². The molecule has 1 aliphatic carbocycles. The van der Waals surface area contributed by atoms with Gasteiger partial charge in [-0.1, -0.05) is 34.8 Å². The topological polar surface area (TPSA) is 37.3 Å². The van der Waals surface area contributed by atoms with Gasteiger partial charge in [-0.05, 0) is 23.8 Å². The summed E-state index contributed by atoms with van der Waals surface area (Å²) in [6.45, 7) is 0. The zero-order valence-electron chi connectivity index (χ0n) is 8.71. The van der Waals surface area contributed by atoms with Crippen molar-refractivity contribution in [2.45, 2.75) is 16.7 Å². The second kappa shape index (κ2) is 4.51. The van der Waals surface area contributed by atoms with E-state index in [-0.39, 0.29) is 10.6 Å². The molecule has 1 fully saturated rings. The summed E-state index contributed by atoms with van der Waals surface area (Å²) in [5.74, 6) is -2.90. The Morgan fingerprint density at radius 1 is 1.33 bits per heavy atom. The zero-order valence-corrected chi connectivity index (χ0v) is 11.0. The summed E-state index contributed by atoms with van der Waals surface area (Å²) in [5, 5.41) is 9.02. The van der Waals surface area contributed by atoms with Gasteiger partial charge in [0.05, 0.1) is 5.92 Å². The van der Waals surface area contributed by atoms with Crippen molar-refractivity contribution in [3.63, 3.8) is 0 Å². The van der Waals surface area contributed by atoms with E-state index >= 15 is 0 Å². The van der Waals surface area contributed by atoms with E-state index in [1.165, 1.54) is 12.1 Å². The molecule has 2 unspecified atom stereocenters. The average Bonchev–Trinajstić information content (AvgIpc) is 2.80. The van der Waals surface area contributed by atoms with Gasteiger partial charge in [0.2, 0.25) is 0 Å². The van der Waals surface area contributed by atoms with Crippen LogP contribution in [0.5, 0.6) is 0 Å². The van der Waals surface area contributed by atoms with Crippen LogP contribution < -0.4 is 0 Å². The number of hydrogen-bond acceptors (Lipinski definition) is 1. The lowest BCUT2D eigenvalue weighted by Crippen LogP contribution is -2.03. The molecule has 98 valence electrons. The highest BCUT2D eigenvalue weighted by atomic mass is 35.5. The third-order valence-corrected chi connectivity index (χ3v) is 4.03. The van der Waals surface area contributed by atoms with Crippen molar-refractivity contribution in [2.24, 2.45) is 5.92 Å². The lowest BCUT2D eigenvalue weighted by molar-refractivity contribution is -0.138. The van der Waals surface area contributed by atoms with Gasteiger partial charge in [-0.2, -0.15) is 0 Å². The molecule has 2 nitrogen and oxygen atoms in total. The average molecular weight is 316 g/mol. The van der Waals surface area contributed by atoms with Crippen molar-refractivity contribution in [2.75, 3.05) is 0 Å². The lowest BCUT2D eigenvalue weighted by Gasteiger charge is -2.06. The molecule has 0 bridgehead atoms. The maximum Gasteiger partial charge on any atom is 0.310 e. The molecule has 7 heteroatoms. The number of carboxylic acid groups (broad SMARTS) is 1. The molecule has 1 aromatic rings. The van der Waals surface area contributed by atoms with E-state index in [1.54, 1.807) is 0 Å². The van der Waals surface area contributed by atoms with Crippen molar-refractivity contribution in [1.82, 2.24) is 0 Å². The van der Waals surface area contributed by atoms with Crippen molar-refractivity contribution in [3.8, 4) is 0 Å². The molecule has 1 N–H and O–H groups in total. The highest BCUT2D eigenvalue weighted by Gasteiger charge is 2.68. The predicted octanol–water partition coefficient (Wildman–Crippen LogP) is 4.25. The smallest absolute Gasteiger partial charge is 0.310 e. The molecule has 1 aliphatic rings. The molecular formula is C11H7Cl3F2O2. The standard InChI is InChI=1S/C11H7Cl3F2O2/c12-6-2-4(1-5(3-6)9(15)16)7-8(10(17)18)11(7,13)14/h1-3,7-9H,(H,17,18). The fourth-order valence-electron chi connectivity index (χ4n) is 1.99. The van der Waals surface area contributed by atoms with Crippen LogP contribution in [0.4, 0.5) is 8.78 Å². The Balaban J connectivity index is 2.39. The summed E-state index contributed by atoms with van der Waals surface area (Å²) in [5.41, 5.74) is 0.0351. The highest BCUT2D eigenvalue weighted by Crippen LogP contribution is 2.65. The molecular weight excluding hydrogens is 308 g/mol. The molecule has 0 saturated heterocycles. The Morgan fingerprint density at radius 2 is 1.94 bits per heavy atom. The summed E-state index contributed by atoms with van der Waals surface area (Å²) in [6, 6.07) is 3.71. The van der Waals surface area contributed by atoms with Gasteiger partial charge in [-0.25, -0.2) is 8.78 Å². The van der Waals surface area contributed by atoms with Crippen LogP contribution in [0.1, 0.15) is 23.5 Å². The van der Waals surface area contributed by atoms with E-state index in [0.29, 0.717) is 5.56 Å². The molecule has 0 radical (unpaired) electrons. The summed E-state index contributed by atoms with van der Waals surface area (Å²) < 4.78 is 23.8. The van der Waals surface area contributed by atoms with Crippen LogP contribution in [-0.2, 0) is 4.79 Å². The van der Waals surface area contributed by atoms with Crippen LogP contribution in [-0.4, -0.2) is 15.4 Å². The van der Waals surface area contributed by atoms with Gasteiger partial charge < -0.3 is 5.11 Å². The number of halogens is 5.